The topological polar surface area (TPSA) is 81.0 Å². The van der Waals surface area contributed by atoms with Crippen LogP contribution in [0.2, 0.25) is 0 Å². The van der Waals surface area contributed by atoms with E-state index in [9.17, 15) is 18.0 Å². The first kappa shape index (κ1) is 26.7. The molecule has 0 bridgehead atoms. The van der Waals surface area contributed by atoms with Crippen LogP contribution in [0.5, 0.6) is 5.75 Å². The summed E-state index contributed by atoms with van der Waals surface area (Å²) < 4.78 is 54.2. The molecular formula is C27H24F3N5O3S2. The highest BCUT2D eigenvalue weighted by Gasteiger charge is 2.39. The molecule has 8 nitrogen and oxygen atoms in total. The summed E-state index contributed by atoms with van der Waals surface area (Å²) >= 11 is 2.27. The molecule has 0 saturated carbocycles. The average molecular weight is 588 g/mol. The van der Waals surface area contributed by atoms with Gasteiger partial charge in [-0.05, 0) is 37.3 Å². The van der Waals surface area contributed by atoms with Crippen LogP contribution < -0.4 is 10.1 Å². The summed E-state index contributed by atoms with van der Waals surface area (Å²) in [6, 6.07) is 12.8. The van der Waals surface area contributed by atoms with Crippen LogP contribution in [0.4, 0.5) is 18.9 Å². The SMILES string of the molecule is Cc1nc(C(F)(F)F)c(C(=O)Nc2ccc(-c3cn4c(n3)sc3cc(OCCN5CCOCC5)ccc34)cc2)s1. The Balaban J connectivity index is 1.13. The number of thiazole rings is 2. The van der Waals surface area contributed by atoms with Crippen molar-refractivity contribution in [3.05, 3.63) is 64.2 Å². The third-order valence-electron chi connectivity index (χ3n) is 6.49. The normalized spacial score (nSPS) is 14.7. The minimum absolute atomic E-state index is 0.174. The van der Waals surface area contributed by atoms with E-state index < -0.39 is 22.7 Å². The molecular weight excluding hydrogens is 563 g/mol. The maximum absolute atomic E-state index is 13.2. The van der Waals surface area contributed by atoms with Gasteiger partial charge in [0.05, 0.1) is 34.1 Å². The molecule has 5 aromatic rings. The number of nitrogens with zero attached hydrogens (tertiary/aromatic N) is 4. The Labute approximate surface area is 235 Å². The Hall–Kier alpha value is -3.52. The highest BCUT2D eigenvalue weighted by Crippen LogP contribution is 2.35. The second kappa shape index (κ2) is 10.8. The van der Waals surface area contributed by atoms with Crippen molar-refractivity contribution in [1.82, 2.24) is 19.3 Å². The fourth-order valence-corrected chi connectivity index (χ4v) is 6.38. The molecule has 13 heteroatoms. The molecule has 4 heterocycles. The van der Waals surface area contributed by atoms with Gasteiger partial charge in [-0.3, -0.25) is 14.1 Å². The zero-order chi connectivity index (χ0) is 27.9. The summed E-state index contributed by atoms with van der Waals surface area (Å²) in [7, 11) is 0. The zero-order valence-corrected chi connectivity index (χ0v) is 23.0. The smallest absolute Gasteiger partial charge is 0.435 e. The number of halogens is 3. The van der Waals surface area contributed by atoms with Gasteiger partial charge >= 0.3 is 6.18 Å². The Bertz CT molecular complexity index is 1670. The Kier molecular flexibility index (Phi) is 7.21. The summed E-state index contributed by atoms with van der Waals surface area (Å²) in [5.74, 6) is -0.0249. The molecule has 1 N–H and O–H groups in total. The highest BCUT2D eigenvalue weighted by molar-refractivity contribution is 7.23. The summed E-state index contributed by atoms with van der Waals surface area (Å²) in [4.78, 5) is 23.5. The first-order valence-corrected chi connectivity index (χ1v) is 14.2. The number of rotatable bonds is 7. The maximum Gasteiger partial charge on any atom is 0.435 e. The Morgan fingerprint density at radius 2 is 1.88 bits per heavy atom. The van der Waals surface area contributed by atoms with Crippen molar-refractivity contribution in [3.63, 3.8) is 0 Å². The van der Waals surface area contributed by atoms with Crippen molar-refractivity contribution >= 4 is 49.4 Å². The third-order valence-corrected chi connectivity index (χ3v) is 8.48. The first-order valence-electron chi connectivity index (χ1n) is 12.6. The van der Waals surface area contributed by atoms with E-state index in [1.54, 1.807) is 35.6 Å². The molecule has 2 aromatic carbocycles. The van der Waals surface area contributed by atoms with Gasteiger partial charge in [-0.25, -0.2) is 9.97 Å². The van der Waals surface area contributed by atoms with Crippen LogP contribution in [0.1, 0.15) is 20.4 Å². The molecule has 1 saturated heterocycles. The lowest BCUT2D eigenvalue weighted by molar-refractivity contribution is -0.141. The van der Waals surface area contributed by atoms with Gasteiger partial charge in [0, 0.05) is 37.1 Å². The van der Waals surface area contributed by atoms with Gasteiger partial charge < -0.3 is 14.8 Å². The molecule has 1 fully saturated rings. The van der Waals surface area contributed by atoms with Crippen molar-refractivity contribution in [2.24, 2.45) is 0 Å². The number of ether oxygens (including phenoxy) is 2. The summed E-state index contributed by atoms with van der Waals surface area (Å²) in [5.41, 5.74) is 1.79. The number of benzene rings is 2. The number of alkyl halides is 3. The zero-order valence-electron chi connectivity index (χ0n) is 21.3. The number of fused-ring (bicyclic) bond motifs is 3. The van der Waals surface area contributed by atoms with Crippen LogP contribution in [0.25, 0.3) is 26.4 Å². The number of nitrogens with one attached hydrogen (secondary N) is 1. The van der Waals surface area contributed by atoms with Crippen molar-refractivity contribution < 1.29 is 27.4 Å². The van der Waals surface area contributed by atoms with E-state index in [-0.39, 0.29) is 5.01 Å². The molecule has 0 radical (unpaired) electrons. The number of anilines is 1. The number of hydrogen-bond acceptors (Lipinski definition) is 8. The lowest BCUT2D eigenvalue weighted by atomic mass is 10.1. The fraction of sp³-hybridized carbons (Fsp3) is 0.296. The standard InChI is InChI=1S/C27H24F3N5O3S2/c1-16-31-24(27(28,29)30)23(39-16)25(36)32-18-4-2-17(3-5-18)20-15-35-21-7-6-19(14-22(21)40-26(35)33-20)38-13-10-34-8-11-37-12-9-34/h2-7,14-15H,8-13H2,1H3,(H,32,36). The van der Waals surface area contributed by atoms with E-state index in [2.05, 4.69) is 15.2 Å². The van der Waals surface area contributed by atoms with Crippen LogP contribution in [0.15, 0.2) is 48.7 Å². The fourth-order valence-electron chi connectivity index (χ4n) is 4.51. The van der Waals surface area contributed by atoms with E-state index in [1.165, 1.54) is 6.92 Å². The molecule has 0 spiro atoms. The van der Waals surface area contributed by atoms with Crippen molar-refractivity contribution in [2.45, 2.75) is 13.1 Å². The molecule has 1 aliphatic heterocycles. The van der Waals surface area contributed by atoms with Crippen molar-refractivity contribution in [3.8, 4) is 17.0 Å². The van der Waals surface area contributed by atoms with Gasteiger partial charge in [-0.15, -0.1) is 11.3 Å². The number of aryl methyl sites for hydroxylation is 1. The molecule has 0 aliphatic carbocycles. The average Bonchev–Trinajstić information content (AvgIpc) is 3.62. The predicted octanol–water partition coefficient (Wildman–Crippen LogP) is 5.96. The largest absolute Gasteiger partial charge is 0.492 e. The van der Waals surface area contributed by atoms with Gasteiger partial charge in [0.2, 0.25) is 0 Å². The molecule has 0 unspecified atom stereocenters. The number of amides is 1. The number of carbonyl (C=O) groups excluding carboxylic acids is 1. The highest BCUT2D eigenvalue weighted by atomic mass is 32.1. The number of carbonyl (C=O) groups is 1. The molecule has 6 rings (SSSR count). The molecule has 40 heavy (non-hydrogen) atoms. The number of morpholine rings is 1. The van der Waals surface area contributed by atoms with Crippen LogP contribution in [-0.2, 0) is 10.9 Å². The van der Waals surface area contributed by atoms with E-state index in [4.69, 9.17) is 14.5 Å². The lowest BCUT2D eigenvalue weighted by Gasteiger charge is -2.26. The molecule has 0 atom stereocenters. The van der Waals surface area contributed by atoms with Gasteiger partial charge in [0.25, 0.3) is 5.91 Å². The minimum Gasteiger partial charge on any atom is -0.492 e. The van der Waals surface area contributed by atoms with E-state index >= 15 is 0 Å². The molecule has 1 aliphatic rings. The molecule has 3 aromatic heterocycles. The maximum atomic E-state index is 13.2. The van der Waals surface area contributed by atoms with Gasteiger partial charge in [0.1, 0.15) is 17.2 Å². The van der Waals surface area contributed by atoms with E-state index in [1.807, 2.05) is 28.8 Å². The number of imidazole rings is 1. The quantitative estimate of drug-likeness (QED) is 0.253. The minimum atomic E-state index is -4.70. The van der Waals surface area contributed by atoms with Crippen LogP contribution in [0.3, 0.4) is 0 Å². The van der Waals surface area contributed by atoms with E-state index in [0.29, 0.717) is 23.6 Å². The van der Waals surface area contributed by atoms with E-state index in [0.717, 1.165) is 65.0 Å². The van der Waals surface area contributed by atoms with Gasteiger partial charge in [-0.1, -0.05) is 23.5 Å². The first-order chi connectivity index (χ1) is 19.2. The lowest BCUT2D eigenvalue weighted by Crippen LogP contribution is -2.38. The second-order valence-corrected chi connectivity index (χ2v) is 11.5. The van der Waals surface area contributed by atoms with Gasteiger partial charge in [0.15, 0.2) is 10.7 Å². The third kappa shape index (κ3) is 5.55. The second-order valence-electron chi connectivity index (χ2n) is 9.25. The van der Waals surface area contributed by atoms with Crippen LogP contribution in [0, 0.1) is 6.92 Å². The summed E-state index contributed by atoms with van der Waals surface area (Å²) in [5, 5.41) is 2.71. The van der Waals surface area contributed by atoms with Crippen molar-refractivity contribution in [1.29, 1.82) is 0 Å². The predicted molar refractivity (Wildman–Crippen MR) is 149 cm³/mol. The molecule has 1 amide bonds. The number of hydrogen-bond donors (Lipinski definition) is 1. The Morgan fingerprint density at radius 3 is 2.62 bits per heavy atom. The van der Waals surface area contributed by atoms with Crippen molar-refractivity contribution in [2.75, 3.05) is 44.8 Å². The van der Waals surface area contributed by atoms with Crippen LogP contribution in [-0.4, -0.2) is 64.6 Å². The summed E-state index contributed by atoms with van der Waals surface area (Å²) in [6.45, 7) is 6.30. The molecule has 208 valence electrons. The monoisotopic (exact) mass is 587 g/mol. The Morgan fingerprint density at radius 1 is 1.10 bits per heavy atom. The van der Waals surface area contributed by atoms with Gasteiger partial charge in [-0.2, -0.15) is 13.2 Å². The van der Waals surface area contributed by atoms with Crippen LogP contribution >= 0.6 is 22.7 Å². The summed E-state index contributed by atoms with van der Waals surface area (Å²) in [6.07, 6.45) is -2.76. The number of aromatic nitrogens is 3.